The van der Waals surface area contributed by atoms with Crippen LogP contribution < -0.4 is 14.8 Å². The van der Waals surface area contributed by atoms with Crippen molar-refractivity contribution < 1.29 is 14.2 Å². The van der Waals surface area contributed by atoms with Gasteiger partial charge in [-0.25, -0.2) is 0 Å². The molecule has 3 rings (SSSR count). The second kappa shape index (κ2) is 8.18. The monoisotopic (exact) mass is 327 g/mol. The molecule has 0 unspecified atom stereocenters. The molecule has 0 aromatic heterocycles. The van der Waals surface area contributed by atoms with Crippen LogP contribution in [0.15, 0.2) is 54.6 Å². The smallest absolute Gasteiger partial charge is 0.162 e. The first-order valence-corrected chi connectivity index (χ1v) is 8.53. The summed E-state index contributed by atoms with van der Waals surface area (Å²) in [5, 5.41) is 3.38. The fraction of sp³-hybridized carbons (Fsp3) is 0.400. The van der Waals surface area contributed by atoms with Gasteiger partial charge in [-0.05, 0) is 31.5 Å². The zero-order valence-corrected chi connectivity index (χ0v) is 14.3. The van der Waals surface area contributed by atoms with Gasteiger partial charge < -0.3 is 19.5 Å². The van der Waals surface area contributed by atoms with Crippen LogP contribution >= 0.6 is 0 Å². The van der Waals surface area contributed by atoms with Crippen molar-refractivity contribution in [2.24, 2.45) is 0 Å². The van der Waals surface area contributed by atoms with E-state index in [4.69, 9.17) is 14.2 Å². The summed E-state index contributed by atoms with van der Waals surface area (Å²) in [6.45, 7) is 6.37. The summed E-state index contributed by atoms with van der Waals surface area (Å²) >= 11 is 0. The summed E-state index contributed by atoms with van der Waals surface area (Å²) < 4.78 is 18.2. The Labute approximate surface area is 143 Å². The van der Waals surface area contributed by atoms with Crippen LogP contribution in [0.4, 0.5) is 0 Å². The normalized spacial score (nSPS) is 19.0. The first-order chi connectivity index (χ1) is 11.7. The molecule has 1 aliphatic heterocycles. The SMILES string of the molecule is CC(C)Oc1ccccc1O[C@@H](c1ccccc1)[C@@H]1CNCCO1. The second-order valence-corrected chi connectivity index (χ2v) is 6.18. The number of hydrogen-bond acceptors (Lipinski definition) is 4. The summed E-state index contributed by atoms with van der Waals surface area (Å²) in [5.74, 6) is 1.51. The fourth-order valence-corrected chi connectivity index (χ4v) is 2.82. The number of nitrogens with one attached hydrogen (secondary N) is 1. The Morgan fingerprint density at radius 3 is 2.25 bits per heavy atom. The molecule has 0 spiro atoms. The van der Waals surface area contributed by atoms with Crippen LogP contribution in [0.5, 0.6) is 11.5 Å². The molecular weight excluding hydrogens is 302 g/mol. The van der Waals surface area contributed by atoms with Crippen LogP contribution in [0.2, 0.25) is 0 Å². The van der Waals surface area contributed by atoms with Crippen molar-refractivity contribution in [2.45, 2.75) is 32.2 Å². The molecule has 1 aliphatic rings. The van der Waals surface area contributed by atoms with Gasteiger partial charge in [0.2, 0.25) is 0 Å². The van der Waals surface area contributed by atoms with E-state index in [1.54, 1.807) is 0 Å². The van der Waals surface area contributed by atoms with Crippen LogP contribution in [0.3, 0.4) is 0 Å². The minimum absolute atomic E-state index is 0.0340. The average molecular weight is 327 g/mol. The Bertz CT molecular complexity index is 624. The molecule has 1 N–H and O–H groups in total. The van der Waals surface area contributed by atoms with Gasteiger partial charge in [-0.3, -0.25) is 0 Å². The van der Waals surface area contributed by atoms with E-state index in [0.29, 0.717) is 6.61 Å². The lowest BCUT2D eigenvalue weighted by molar-refractivity contribution is -0.0441. The number of ether oxygens (including phenoxy) is 3. The number of morpholine rings is 1. The number of benzene rings is 2. The number of rotatable bonds is 6. The second-order valence-electron chi connectivity index (χ2n) is 6.18. The minimum Gasteiger partial charge on any atom is -0.487 e. The van der Waals surface area contributed by atoms with Gasteiger partial charge in [0.25, 0.3) is 0 Å². The summed E-state index contributed by atoms with van der Waals surface area (Å²) in [5.41, 5.74) is 1.10. The zero-order valence-electron chi connectivity index (χ0n) is 14.3. The summed E-state index contributed by atoms with van der Waals surface area (Å²) in [6, 6.07) is 18.0. The van der Waals surface area contributed by atoms with Crippen molar-refractivity contribution in [1.29, 1.82) is 0 Å². The molecule has 1 fully saturated rings. The van der Waals surface area contributed by atoms with E-state index in [2.05, 4.69) is 17.4 Å². The molecular formula is C20H25NO3. The van der Waals surface area contributed by atoms with Gasteiger partial charge in [0.1, 0.15) is 6.10 Å². The highest BCUT2D eigenvalue weighted by atomic mass is 16.6. The van der Waals surface area contributed by atoms with E-state index >= 15 is 0 Å². The molecule has 24 heavy (non-hydrogen) atoms. The standard InChI is InChI=1S/C20H25NO3/c1-15(2)23-17-10-6-7-11-18(17)24-20(16-8-4-3-5-9-16)19-14-21-12-13-22-19/h3-11,15,19-21H,12-14H2,1-2H3/t19-,20-/m0/s1. The molecule has 2 aromatic carbocycles. The third kappa shape index (κ3) is 4.28. The number of hydrogen-bond donors (Lipinski definition) is 1. The average Bonchev–Trinajstić information content (AvgIpc) is 2.62. The fourth-order valence-electron chi connectivity index (χ4n) is 2.82. The first kappa shape index (κ1) is 16.8. The maximum absolute atomic E-state index is 6.38. The Morgan fingerprint density at radius 2 is 1.62 bits per heavy atom. The molecule has 1 saturated heterocycles. The molecule has 0 aliphatic carbocycles. The van der Waals surface area contributed by atoms with Gasteiger partial charge in [-0.2, -0.15) is 0 Å². The molecule has 0 amide bonds. The van der Waals surface area contributed by atoms with Gasteiger partial charge >= 0.3 is 0 Å². The van der Waals surface area contributed by atoms with Gasteiger partial charge in [-0.15, -0.1) is 0 Å². The Balaban J connectivity index is 1.87. The molecule has 4 heteroatoms. The highest BCUT2D eigenvalue weighted by Crippen LogP contribution is 2.34. The van der Waals surface area contributed by atoms with Gasteiger partial charge in [0, 0.05) is 13.1 Å². The first-order valence-electron chi connectivity index (χ1n) is 8.53. The molecule has 1 heterocycles. The lowest BCUT2D eigenvalue weighted by Gasteiger charge is -2.32. The molecule has 2 atom stereocenters. The van der Waals surface area contributed by atoms with E-state index in [1.807, 2.05) is 56.3 Å². The van der Waals surface area contributed by atoms with Crippen LogP contribution in [0, 0.1) is 0 Å². The van der Waals surface area contributed by atoms with Gasteiger partial charge in [-0.1, -0.05) is 42.5 Å². The molecule has 128 valence electrons. The lowest BCUT2D eigenvalue weighted by Crippen LogP contribution is -2.43. The predicted molar refractivity (Wildman–Crippen MR) is 94.6 cm³/mol. The Hall–Kier alpha value is -2.04. The van der Waals surface area contributed by atoms with Crippen molar-refractivity contribution in [2.75, 3.05) is 19.7 Å². The van der Waals surface area contributed by atoms with E-state index < -0.39 is 0 Å². The summed E-state index contributed by atoms with van der Waals surface area (Å²) in [6.07, 6.45) is -0.123. The van der Waals surface area contributed by atoms with Crippen LogP contribution in [-0.4, -0.2) is 31.9 Å². The van der Waals surface area contributed by atoms with E-state index in [9.17, 15) is 0 Å². The maximum Gasteiger partial charge on any atom is 0.162 e. The predicted octanol–water partition coefficient (Wildman–Crippen LogP) is 3.58. The molecule has 4 nitrogen and oxygen atoms in total. The molecule has 0 bridgehead atoms. The minimum atomic E-state index is -0.184. The molecule has 0 radical (unpaired) electrons. The zero-order chi connectivity index (χ0) is 16.8. The lowest BCUT2D eigenvalue weighted by atomic mass is 10.0. The maximum atomic E-state index is 6.38. The topological polar surface area (TPSA) is 39.7 Å². The van der Waals surface area contributed by atoms with Crippen molar-refractivity contribution in [3.8, 4) is 11.5 Å². The Morgan fingerprint density at radius 1 is 0.958 bits per heavy atom. The summed E-state index contributed by atoms with van der Waals surface area (Å²) in [7, 11) is 0. The largest absolute Gasteiger partial charge is 0.487 e. The van der Waals surface area contributed by atoms with Crippen molar-refractivity contribution >= 4 is 0 Å². The highest BCUT2D eigenvalue weighted by molar-refractivity contribution is 5.40. The summed E-state index contributed by atoms with van der Waals surface area (Å²) in [4.78, 5) is 0. The van der Waals surface area contributed by atoms with Crippen molar-refractivity contribution in [1.82, 2.24) is 5.32 Å². The molecule has 0 saturated carbocycles. The van der Waals surface area contributed by atoms with Crippen LogP contribution in [-0.2, 0) is 4.74 Å². The van der Waals surface area contributed by atoms with Gasteiger partial charge in [0.05, 0.1) is 12.7 Å². The van der Waals surface area contributed by atoms with Crippen molar-refractivity contribution in [3.63, 3.8) is 0 Å². The van der Waals surface area contributed by atoms with Crippen LogP contribution in [0.25, 0.3) is 0 Å². The van der Waals surface area contributed by atoms with E-state index in [0.717, 1.165) is 30.2 Å². The van der Waals surface area contributed by atoms with Gasteiger partial charge in [0.15, 0.2) is 17.6 Å². The third-order valence-electron chi connectivity index (χ3n) is 3.89. The third-order valence-corrected chi connectivity index (χ3v) is 3.89. The van der Waals surface area contributed by atoms with Crippen molar-refractivity contribution in [3.05, 3.63) is 60.2 Å². The van der Waals surface area contributed by atoms with Crippen LogP contribution in [0.1, 0.15) is 25.5 Å². The number of para-hydroxylation sites is 2. The Kier molecular flexibility index (Phi) is 5.72. The van der Waals surface area contributed by atoms with E-state index in [1.165, 1.54) is 0 Å². The quantitative estimate of drug-likeness (QED) is 0.880. The molecule has 2 aromatic rings. The van der Waals surface area contributed by atoms with E-state index in [-0.39, 0.29) is 18.3 Å². The highest BCUT2D eigenvalue weighted by Gasteiger charge is 2.28.